The number of aryl methyl sites for hydroxylation is 3. The molecule has 0 fully saturated rings. The van der Waals surface area contributed by atoms with Gasteiger partial charge >= 0.3 is 0 Å². The maximum Gasteiger partial charge on any atom is 0.267 e. The molecule has 2 aromatic heterocycles. The molecule has 1 aliphatic carbocycles. The minimum Gasteiger partial charge on any atom is -0.361 e. The minimum atomic E-state index is -0.261. The Hall–Kier alpha value is -2.44. The Morgan fingerprint density at radius 3 is 3.10 bits per heavy atom. The van der Waals surface area contributed by atoms with E-state index in [0.717, 1.165) is 30.5 Å². The highest BCUT2D eigenvalue weighted by atomic mass is 16.5. The maximum absolute atomic E-state index is 11.9. The molecule has 110 valence electrons. The number of hydrogen-bond donors (Lipinski definition) is 1. The summed E-state index contributed by atoms with van der Waals surface area (Å²) in [6.45, 7) is 2.35. The highest BCUT2D eigenvalue weighted by Gasteiger charge is 2.15. The van der Waals surface area contributed by atoms with Crippen LogP contribution in [0.5, 0.6) is 0 Å². The molecule has 1 amide bonds. The zero-order valence-electron chi connectivity index (χ0n) is 11.8. The predicted octanol–water partition coefficient (Wildman–Crippen LogP) is 0.458. The van der Waals surface area contributed by atoms with E-state index in [1.165, 1.54) is 10.9 Å². The first-order chi connectivity index (χ1) is 10.1. The van der Waals surface area contributed by atoms with Crippen LogP contribution in [0.2, 0.25) is 0 Å². The molecular weight excluding hydrogens is 272 g/mol. The van der Waals surface area contributed by atoms with Gasteiger partial charge in [0.25, 0.3) is 11.5 Å². The number of aromatic nitrogens is 3. The lowest BCUT2D eigenvalue weighted by Crippen LogP contribution is -2.32. The quantitative estimate of drug-likeness (QED) is 0.882. The highest BCUT2D eigenvalue weighted by Crippen LogP contribution is 2.16. The highest BCUT2D eigenvalue weighted by molar-refractivity contribution is 5.94. The van der Waals surface area contributed by atoms with Gasteiger partial charge in [0.05, 0.1) is 18.4 Å². The van der Waals surface area contributed by atoms with E-state index in [0.29, 0.717) is 24.4 Å². The number of carbonyl (C=O) groups is 1. The SMILES string of the molecule is Cc1oncc1C(=O)NCCn1nc2c(cc1=O)CCC2. The van der Waals surface area contributed by atoms with Crippen molar-refractivity contribution in [2.75, 3.05) is 6.54 Å². The molecule has 21 heavy (non-hydrogen) atoms. The van der Waals surface area contributed by atoms with E-state index in [9.17, 15) is 9.59 Å². The van der Waals surface area contributed by atoms with Crippen molar-refractivity contribution in [1.82, 2.24) is 20.3 Å². The number of amides is 1. The van der Waals surface area contributed by atoms with Crippen molar-refractivity contribution in [2.45, 2.75) is 32.7 Å². The van der Waals surface area contributed by atoms with Gasteiger partial charge in [-0.3, -0.25) is 9.59 Å². The van der Waals surface area contributed by atoms with Crippen LogP contribution in [-0.2, 0) is 19.4 Å². The third-order valence-corrected chi connectivity index (χ3v) is 3.63. The topological polar surface area (TPSA) is 90.0 Å². The summed E-state index contributed by atoms with van der Waals surface area (Å²) >= 11 is 0. The molecule has 0 bridgehead atoms. The number of nitrogens with zero attached hydrogens (tertiary/aromatic N) is 3. The largest absolute Gasteiger partial charge is 0.361 e. The van der Waals surface area contributed by atoms with Crippen LogP contribution in [0.15, 0.2) is 21.6 Å². The van der Waals surface area contributed by atoms with E-state index in [1.54, 1.807) is 13.0 Å². The summed E-state index contributed by atoms with van der Waals surface area (Å²) in [5.41, 5.74) is 2.34. The standard InChI is InChI=1S/C14H16N4O3/c1-9-11(8-16-21-9)14(20)15-5-6-18-13(19)7-10-3-2-4-12(10)17-18/h7-8H,2-6H2,1H3,(H,15,20). The monoisotopic (exact) mass is 288 g/mol. The molecule has 7 heteroatoms. The molecule has 0 unspecified atom stereocenters. The summed E-state index contributed by atoms with van der Waals surface area (Å²) in [6.07, 6.45) is 4.28. The van der Waals surface area contributed by atoms with Crippen molar-refractivity contribution in [3.63, 3.8) is 0 Å². The van der Waals surface area contributed by atoms with Crippen LogP contribution in [0.3, 0.4) is 0 Å². The van der Waals surface area contributed by atoms with E-state index in [4.69, 9.17) is 4.52 Å². The summed E-state index contributed by atoms with van der Waals surface area (Å²) in [5, 5.41) is 10.6. The van der Waals surface area contributed by atoms with Gasteiger partial charge in [0.1, 0.15) is 11.3 Å². The number of hydrogen-bond acceptors (Lipinski definition) is 5. The lowest BCUT2D eigenvalue weighted by molar-refractivity contribution is 0.0950. The number of carbonyl (C=O) groups excluding carboxylic acids is 1. The van der Waals surface area contributed by atoms with Crippen molar-refractivity contribution < 1.29 is 9.32 Å². The van der Waals surface area contributed by atoms with Gasteiger partial charge in [-0.2, -0.15) is 5.10 Å². The molecule has 0 spiro atoms. The zero-order chi connectivity index (χ0) is 14.8. The summed E-state index contributed by atoms with van der Waals surface area (Å²) in [6, 6.07) is 1.65. The van der Waals surface area contributed by atoms with Crippen LogP contribution in [0.25, 0.3) is 0 Å². The second kappa shape index (κ2) is 5.51. The van der Waals surface area contributed by atoms with Crippen molar-refractivity contribution in [3.8, 4) is 0 Å². The summed E-state index contributed by atoms with van der Waals surface area (Å²) in [7, 11) is 0. The first-order valence-electron chi connectivity index (χ1n) is 6.94. The molecule has 0 radical (unpaired) electrons. The smallest absolute Gasteiger partial charge is 0.267 e. The molecule has 0 saturated carbocycles. The first kappa shape index (κ1) is 13.5. The normalized spacial score (nSPS) is 13.2. The van der Waals surface area contributed by atoms with Gasteiger partial charge in [-0.25, -0.2) is 4.68 Å². The first-order valence-corrected chi connectivity index (χ1v) is 6.94. The number of rotatable bonds is 4. The molecule has 1 aliphatic rings. The van der Waals surface area contributed by atoms with Gasteiger partial charge in [-0.1, -0.05) is 5.16 Å². The van der Waals surface area contributed by atoms with Crippen molar-refractivity contribution in [2.24, 2.45) is 0 Å². The Bertz CT molecular complexity index is 732. The number of fused-ring (bicyclic) bond motifs is 1. The Morgan fingerprint density at radius 2 is 2.33 bits per heavy atom. The fraction of sp³-hybridized carbons (Fsp3) is 0.429. The van der Waals surface area contributed by atoms with E-state index in [2.05, 4.69) is 15.6 Å². The van der Waals surface area contributed by atoms with Crippen LogP contribution in [0.4, 0.5) is 0 Å². The van der Waals surface area contributed by atoms with Crippen molar-refractivity contribution in [1.29, 1.82) is 0 Å². The van der Waals surface area contributed by atoms with E-state index >= 15 is 0 Å². The van der Waals surface area contributed by atoms with Gasteiger partial charge in [-0.15, -0.1) is 0 Å². The van der Waals surface area contributed by atoms with E-state index in [1.807, 2.05) is 0 Å². The average molecular weight is 288 g/mol. The van der Waals surface area contributed by atoms with Crippen molar-refractivity contribution >= 4 is 5.91 Å². The zero-order valence-corrected chi connectivity index (χ0v) is 11.8. The van der Waals surface area contributed by atoms with Gasteiger partial charge in [0.2, 0.25) is 0 Å². The fourth-order valence-electron chi connectivity index (χ4n) is 2.49. The summed E-state index contributed by atoms with van der Waals surface area (Å²) in [5.74, 6) is 0.211. The maximum atomic E-state index is 11.9. The van der Waals surface area contributed by atoms with Crippen LogP contribution in [0.1, 0.15) is 33.8 Å². The Kier molecular flexibility index (Phi) is 3.55. The molecule has 0 aliphatic heterocycles. The third-order valence-electron chi connectivity index (χ3n) is 3.63. The Labute approximate surface area is 120 Å². The molecule has 0 aromatic carbocycles. The van der Waals surface area contributed by atoms with Gasteiger partial charge < -0.3 is 9.84 Å². The second-order valence-corrected chi connectivity index (χ2v) is 5.08. The molecule has 2 aromatic rings. The van der Waals surface area contributed by atoms with E-state index in [-0.39, 0.29) is 11.5 Å². The lowest BCUT2D eigenvalue weighted by atomic mass is 10.2. The molecule has 2 heterocycles. The molecule has 0 saturated heterocycles. The average Bonchev–Trinajstić information content (AvgIpc) is 3.07. The summed E-state index contributed by atoms with van der Waals surface area (Å²) in [4.78, 5) is 23.8. The van der Waals surface area contributed by atoms with Gasteiger partial charge in [0.15, 0.2) is 0 Å². The van der Waals surface area contributed by atoms with E-state index < -0.39 is 0 Å². The minimum absolute atomic E-state index is 0.119. The Morgan fingerprint density at radius 1 is 1.48 bits per heavy atom. The van der Waals surface area contributed by atoms with Gasteiger partial charge in [0, 0.05) is 12.6 Å². The fourth-order valence-corrected chi connectivity index (χ4v) is 2.49. The molecule has 1 N–H and O–H groups in total. The predicted molar refractivity (Wildman–Crippen MR) is 74.1 cm³/mol. The van der Waals surface area contributed by atoms with Crippen LogP contribution < -0.4 is 10.9 Å². The molecule has 7 nitrogen and oxygen atoms in total. The van der Waals surface area contributed by atoms with Gasteiger partial charge in [-0.05, 0) is 31.7 Å². The van der Waals surface area contributed by atoms with Crippen LogP contribution in [-0.4, -0.2) is 27.4 Å². The second-order valence-electron chi connectivity index (χ2n) is 5.08. The summed E-state index contributed by atoms with van der Waals surface area (Å²) < 4.78 is 6.25. The third kappa shape index (κ3) is 2.72. The Balaban J connectivity index is 1.62. The van der Waals surface area contributed by atoms with Crippen LogP contribution in [0, 0.1) is 6.92 Å². The molecular formula is C14H16N4O3. The molecule has 3 rings (SSSR count). The van der Waals surface area contributed by atoms with Crippen LogP contribution >= 0.6 is 0 Å². The molecule has 0 atom stereocenters. The van der Waals surface area contributed by atoms with Crippen molar-refractivity contribution in [3.05, 3.63) is 45.2 Å². The lowest BCUT2D eigenvalue weighted by Gasteiger charge is -2.07. The number of nitrogens with one attached hydrogen (secondary N) is 1.